The first kappa shape index (κ1) is 18.9. The zero-order valence-electron chi connectivity index (χ0n) is 16.0. The Bertz CT molecular complexity index is 789. The minimum atomic E-state index is -0.935. The second-order valence-electron chi connectivity index (χ2n) is 7.74. The molecule has 2 aliphatic rings. The summed E-state index contributed by atoms with van der Waals surface area (Å²) < 4.78 is 5.81. The number of piperazine rings is 1. The van der Waals surface area contributed by atoms with E-state index in [2.05, 4.69) is 27.7 Å². The van der Waals surface area contributed by atoms with Gasteiger partial charge in [-0.25, -0.2) is 4.79 Å². The lowest BCUT2D eigenvalue weighted by atomic mass is 9.86. The number of ether oxygens (including phenoxy) is 1. The smallest absolute Gasteiger partial charge is 0.335 e. The zero-order valence-corrected chi connectivity index (χ0v) is 16.0. The lowest BCUT2D eigenvalue weighted by molar-refractivity contribution is 0.0697. The van der Waals surface area contributed by atoms with Crippen LogP contribution in [0.5, 0.6) is 11.5 Å². The summed E-state index contributed by atoms with van der Waals surface area (Å²) in [6.07, 6.45) is 2.38. The molecule has 2 aromatic carbocycles. The van der Waals surface area contributed by atoms with Crippen molar-refractivity contribution in [2.75, 3.05) is 32.7 Å². The Morgan fingerprint density at radius 3 is 2.21 bits per heavy atom. The summed E-state index contributed by atoms with van der Waals surface area (Å²) in [5, 5.41) is 16.2. The number of aromatic carboxylic acids is 1. The van der Waals surface area contributed by atoms with Crippen LogP contribution in [0.1, 0.15) is 28.8 Å². The number of carbonyl (C=O) groups is 1. The van der Waals surface area contributed by atoms with Gasteiger partial charge in [-0.1, -0.05) is 12.1 Å². The maximum absolute atomic E-state index is 10.9. The molecule has 3 N–H and O–H groups in total. The predicted octanol–water partition coefficient (Wildman–Crippen LogP) is 2.70. The van der Waals surface area contributed by atoms with Gasteiger partial charge in [-0.15, -0.1) is 0 Å². The number of nitrogens with zero attached hydrogens (tertiary/aromatic N) is 1. The molecule has 6 nitrogen and oxygen atoms in total. The van der Waals surface area contributed by atoms with Gasteiger partial charge in [-0.2, -0.15) is 0 Å². The molecule has 148 valence electrons. The van der Waals surface area contributed by atoms with E-state index in [-0.39, 0.29) is 5.56 Å². The second kappa shape index (κ2) is 8.31. The summed E-state index contributed by atoms with van der Waals surface area (Å²) >= 11 is 0. The third-order valence-electron chi connectivity index (χ3n) is 5.74. The molecule has 1 spiro atoms. The van der Waals surface area contributed by atoms with E-state index in [0.29, 0.717) is 11.3 Å². The van der Waals surface area contributed by atoms with Gasteiger partial charge in [0.1, 0.15) is 11.5 Å². The SMILES string of the molecule is O=C(O)c1ccc(Oc2ccc(CN3CCC4(CC3)CNCCN4)cc2)cc1. The fourth-order valence-electron chi connectivity index (χ4n) is 4.02. The minimum Gasteiger partial charge on any atom is -0.478 e. The maximum atomic E-state index is 10.9. The molecule has 2 saturated heterocycles. The van der Waals surface area contributed by atoms with Gasteiger partial charge in [0.05, 0.1) is 5.56 Å². The molecule has 0 amide bonds. The lowest BCUT2D eigenvalue weighted by Gasteiger charge is -2.45. The quantitative estimate of drug-likeness (QED) is 0.740. The van der Waals surface area contributed by atoms with Gasteiger partial charge in [-0.05, 0) is 54.8 Å². The highest BCUT2D eigenvalue weighted by atomic mass is 16.5. The molecule has 2 fully saturated rings. The number of carboxylic acid groups (broad SMARTS) is 1. The topological polar surface area (TPSA) is 73.8 Å². The summed E-state index contributed by atoms with van der Waals surface area (Å²) in [6.45, 7) is 6.41. The van der Waals surface area contributed by atoms with Crippen LogP contribution in [-0.2, 0) is 6.54 Å². The highest BCUT2D eigenvalue weighted by molar-refractivity contribution is 5.87. The summed E-state index contributed by atoms with van der Waals surface area (Å²) in [6, 6.07) is 14.6. The average Bonchev–Trinajstić information content (AvgIpc) is 2.72. The van der Waals surface area contributed by atoms with Crippen LogP contribution >= 0.6 is 0 Å². The van der Waals surface area contributed by atoms with Crippen molar-refractivity contribution in [3.05, 3.63) is 59.7 Å². The number of piperidine rings is 1. The van der Waals surface area contributed by atoms with E-state index in [0.717, 1.165) is 45.0 Å². The highest BCUT2D eigenvalue weighted by Crippen LogP contribution is 2.26. The van der Waals surface area contributed by atoms with Gasteiger partial charge in [0, 0.05) is 44.8 Å². The summed E-state index contributed by atoms with van der Waals surface area (Å²) in [5.74, 6) is 0.449. The summed E-state index contributed by atoms with van der Waals surface area (Å²) in [4.78, 5) is 13.4. The van der Waals surface area contributed by atoms with E-state index in [1.54, 1.807) is 24.3 Å². The molecular weight excluding hydrogens is 354 g/mol. The second-order valence-corrected chi connectivity index (χ2v) is 7.74. The Kier molecular flexibility index (Phi) is 5.62. The first-order chi connectivity index (χ1) is 13.6. The first-order valence-electron chi connectivity index (χ1n) is 9.90. The van der Waals surface area contributed by atoms with Gasteiger partial charge in [0.15, 0.2) is 0 Å². The van der Waals surface area contributed by atoms with E-state index in [1.165, 1.54) is 18.4 Å². The molecule has 0 aromatic heterocycles. The molecule has 0 aliphatic carbocycles. The highest BCUT2D eigenvalue weighted by Gasteiger charge is 2.35. The van der Waals surface area contributed by atoms with Crippen LogP contribution in [0.25, 0.3) is 0 Å². The van der Waals surface area contributed by atoms with Crippen LogP contribution in [0.4, 0.5) is 0 Å². The number of hydrogen-bond donors (Lipinski definition) is 3. The largest absolute Gasteiger partial charge is 0.478 e. The minimum absolute atomic E-state index is 0.255. The van der Waals surface area contributed by atoms with Crippen molar-refractivity contribution in [3.8, 4) is 11.5 Å². The zero-order chi connectivity index (χ0) is 19.4. The molecule has 0 atom stereocenters. The molecule has 4 rings (SSSR count). The van der Waals surface area contributed by atoms with E-state index >= 15 is 0 Å². The Morgan fingerprint density at radius 1 is 1.00 bits per heavy atom. The molecule has 0 bridgehead atoms. The number of nitrogens with one attached hydrogen (secondary N) is 2. The average molecular weight is 381 g/mol. The molecule has 0 saturated carbocycles. The number of carboxylic acids is 1. The van der Waals surface area contributed by atoms with Crippen molar-refractivity contribution in [2.24, 2.45) is 0 Å². The van der Waals surface area contributed by atoms with Crippen LogP contribution in [0.2, 0.25) is 0 Å². The molecular formula is C22H27N3O3. The molecule has 2 heterocycles. The number of hydrogen-bond acceptors (Lipinski definition) is 5. The normalized spacial score (nSPS) is 19.4. The Labute approximate surface area is 165 Å². The third kappa shape index (κ3) is 4.52. The van der Waals surface area contributed by atoms with Gasteiger partial charge in [0.2, 0.25) is 0 Å². The fraction of sp³-hybridized carbons (Fsp3) is 0.409. The van der Waals surface area contributed by atoms with Crippen molar-refractivity contribution >= 4 is 5.97 Å². The fourth-order valence-corrected chi connectivity index (χ4v) is 4.02. The van der Waals surface area contributed by atoms with Gasteiger partial charge >= 0.3 is 5.97 Å². The molecule has 0 unspecified atom stereocenters. The number of benzene rings is 2. The van der Waals surface area contributed by atoms with E-state index < -0.39 is 5.97 Å². The van der Waals surface area contributed by atoms with Crippen molar-refractivity contribution in [2.45, 2.75) is 24.9 Å². The van der Waals surface area contributed by atoms with E-state index in [9.17, 15) is 4.79 Å². The van der Waals surface area contributed by atoms with E-state index in [1.807, 2.05) is 12.1 Å². The Morgan fingerprint density at radius 2 is 1.64 bits per heavy atom. The van der Waals surface area contributed by atoms with Crippen molar-refractivity contribution in [1.29, 1.82) is 0 Å². The van der Waals surface area contributed by atoms with Crippen molar-refractivity contribution in [3.63, 3.8) is 0 Å². The Hall–Kier alpha value is -2.41. The van der Waals surface area contributed by atoms with Crippen LogP contribution in [0, 0.1) is 0 Å². The molecule has 2 aromatic rings. The third-order valence-corrected chi connectivity index (χ3v) is 5.74. The maximum Gasteiger partial charge on any atom is 0.335 e. The lowest BCUT2D eigenvalue weighted by Crippen LogP contribution is -2.63. The Balaban J connectivity index is 1.29. The van der Waals surface area contributed by atoms with Gasteiger partial charge in [0.25, 0.3) is 0 Å². The van der Waals surface area contributed by atoms with Crippen LogP contribution in [-0.4, -0.2) is 54.2 Å². The first-order valence-corrected chi connectivity index (χ1v) is 9.90. The number of rotatable bonds is 5. The van der Waals surface area contributed by atoms with Crippen LogP contribution in [0.15, 0.2) is 48.5 Å². The van der Waals surface area contributed by atoms with Crippen molar-refractivity contribution in [1.82, 2.24) is 15.5 Å². The van der Waals surface area contributed by atoms with Crippen molar-refractivity contribution < 1.29 is 14.6 Å². The molecule has 28 heavy (non-hydrogen) atoms. The number of likely N-dealkylation sites (tertiary alicyclic amines) is 1. The molecule has 0 radical (unpaired) electrons. The summed E-state index contributed by atoms with van der Waals surface area (Å²) in [7, 11) is 0. The molecule has 6 heteroatoms. The van der Waals surface area contributed by atoms with Gasteiger partial charge in [-0.3, -0.25) is 4.90 Å². The standard InChI is InChI=1S/C22H27N3O3/c26-21(27)18-3-7-20(8-4-18)28-19-5-1-17(2-6-19)15-25-13-9-22(10-14-25)16-23-11-12-24-22/h1-8,23-24H,9-16H2,(H,26,27). The molecule has 2 aliphatic heterocycles. The van der Waals surface area contributed by atoms with Gasteiger partial charge < -0.3 is 20.5 Å². The monoisotopic (exact) mass is 381 g/mol. The van der Waals surface area contributed by atoms with E-state index in [4.69, 9.17) is 9.84 Å². The predicted molar refractivity (Wildman–Crippen MR) is 108 cm³/mol. The van der Waals surface area contributed by atoms with Crippen LogP contribution in [0.3, 0.4) is 0 Å². The summed E-state index contributed by atoms with van der Waals surface area (Å²) in [5.41, 5.74) is 1.83. The van der Waals surface area contributed by atoms with Crippen LogP contribution < -0.4 is 15.4 Å².